The number of nitrogens with one attached hydrogen (secondary N) is 1. The van der Waals surface area contributed by atoms with Crippen molar-refractivity contribution in [3.05, 3.63) is 64.4 Å². The Hall–Kier alpha value is -2.01. The molecule has 0 fully saturated rings. The number of benzene rings is 2. The van der Waals surface area contributed by atoms with Crippen LogP contribution < -0.4 is 5.32 Å². The van der Waals surface area contributed by atoms with Crippen molar-refractivity contribution in [1.82, 2.24) is 0 Å². The quantitative estimate of drug-likeness (QED) is 0.887. The summed E-state index contributed by atoms with van der Waals surface area (Å²) in [6, 6.07) is 6.51. The van der Waals surface area contributed by atoms with Crippen LogP contribution in [-0.2, 0) is 0 Å². The number of anilines is 1. The molecule has 0 unspecified atom stereocenters. The van der Waals surface area contributed by atoms with E-state index in [1.54, 1.807) is 0 Å². The molecule has 19 heavy (non-hydrogen) atoms. The van der Waals surface area contributed by atoms with Gasteiger partial charge in [0.25, 0.3) is 5.91 Å². The van der Waals surface area contributed by atoms with E-state index < -0.39 is 23.4 Å². The fourth-order valence-corrected chi connectivity index (χ4v) is 1.64. The molecular weight excluding hydrogens is 279 g/mol. The summed E-state index contributed by atoms with van der Waals surface area (Å²) >= 11 is 5.55. The van der Waals surface area contributed by atoms with Crippen LogP contribution in [0.15, 0.2) is 36.4 Å². The molecule has 0 saturated carbocycles. The Morgan fingerprint density at radius 2 is 1.84 bits per heavy atom. The standard InChI is InChI=1S/C13H7ClF3NO/c14-9-2-1-3-11(12(9)17)18-13(19)8-5-4-7(15)6-10(8)16/h1-6H,(H,18,19). The molecule has 0 atom stereocenters. The van der Waals surface area contributed by atoms with Crippen molar-refractivity contribution in [3.63, 3.8) is 0 Å². The fourth-order valence-electron chi connectivity index (χ4n) is 1.46. The normalized spacial score (nSPS) is 10.3. The average Bonchev–Trinajstić information content (AvgIpc) is 2.34. The number of amides is 1. The minimum Gasteiger partial charge on any atom is -0.319 e. The highest BCUT2D eigenvalue weighted by molar-refractivity contribution is 6.31. The molecule has 0 aromatic heterocycles. The van der Waals surface area contributed by atoms with Crippen molar-refractivity contribution in [2.24, 2.45) is 0 Å². The Bertz CT molecular complexity index is 646. The average molecular weight is 286 g/mol. The minimum absolute atomic E-state index is 0.169. The van der Waals surface area contributed by atoms with Crippen LogP contribution in [0.4, 0.5) is 18.9 Å². The van der Waals surface area contributed by atoms with Crippen LogP contribution in [0.3, 0.4) is 0 Å². The molecule has 0 aliphatic heterocycles. The van der Waals surface area contributed by atoms with E-state index in [0.29, 0.717) is 6.07 Å². The van der Waals surface area contributed by atoms with Gasteiger partial charge in [-0.25, -0.2) is 13.2 Å². The zero-order chi connectivity index (χ0) is 14.0. The maximum absolute atomic E-state index is 13.5. The van der Waals surface area contributed by atoms with Gasteiger partial charge in [0.1, 0.15) is 11.6 Å². The van der Waals surface area contributed by atoms with Gasteiger partial charge in [0.05, 0.1) is 16.3 Å². The number of hydrogen-bond acceptors (Lipinski definition) is 1. The molecule has 1 amide bonds. The van der Waals surface area contributed by atoms with Gasteiger partial charge in [-0.05, 0) is 24.3 Å². The van der Waals surface area contributed by atoms with Crippen molar-refractivity contribution in [2.75, 3.05) is 5.32 Å². The first-order valence-electron chi connectivity index (χ1n) is 5.19. The summed E-state index contributed by atoms with van der Waals surface area (Å²) in [6.07, 6.45) is 0. The second-order valence-corrected chi connectivity index (χ2v) is 4.09. The Kier molecular flexibility index (Phi) is 3.76. The molecule has 1 N–H and O–H groups in total. The van der Waals surface area contributed by atoms with Crippen molar-refractivity contribution >= 4 is 23.2 Å². The van der Waals surface area contributed by atoms with E-state index in [1.807, 2.05) is 0 Å². The van der Waals surface area contributed by atoms with E-state index in [9.17, 15) is 18.0 Å². The topological polar surface area (TPSA) is 29.1 Å². The highest BCUT2D eigenvalue weighted by atomic mass is 35.5. The summed E-state index contributed by atoms with van der Waals surface area (Å²) in [5, 5.41) is 2.00. The van der Waals surface area contributed by atoms with Crippen molar-refractivity contribution in [2.45, 2.75) is 0 Å². The number of carbonyl (C=O) groups is 1. The van der Waals surface area contributed by atoms with Crippen LogP contribution in [0, 0.1) is 17.5 Å². The van der Waals surface area contributed by atoms with E-state index in [2.05, 4.69) is 5.32 Å². The number of halogens is 4. The highest BCUT2D eigenvalue weighted by Gasteiger charge is 2.15. The minimum atomic E-state index is -1.03. The van der Waals surface area contributed by atoms with Gasteiger partial charge in [-0.1, -0.05) is 17.7 Å². The first kappa shape index (κ1) is 13.4. The zero-order valence-electron chi connectivity index (χ0n) is 9.38. The first-order chi connectivity index (χ1) is 8.99. The van der Waals surface area contributed by atoms with Gasteiger partial charge in [0.15, 0.2) is 5.82 Å². The van der Waals surface area contributed by atoms with Gasteiger partial charge in [0.2, 0.25) is 0 Å². The van der Waals surface area contributed by atoms with E-state index in [0.717, 1.165) is 12.1 Å². The van der Waals surface area contributed by atoms with Gasteiger partial charge in [-0.3, -0.25) is 4.79 Å². The number of rotatable bonds is 2. The lowest BCUT2D eigenvalue weighted by Crippen LogP contribution is -2.15. The molecule has 2 nitrogen and oxygen atoms in total. The third kappa shape index (κ3) is 2.88. The molecule has 98 valence electrons. The largest absolute Gasteiger partial charge is 0.319 e. The van der Waals surface area contributed by atoms with Gasteiger partial charge in [0, 0.05) is 6.07 Å². The predicted molar refractivity (Wildman–Crippen MR) is 65.7 cm³/mol. The summed E-state index contributed by atoms with van der Waals surface area (Å²) in [4.78, 5) is 11.7. The van der Waals surface area contributed by atoms with Crippen LogP contribution in [0.1, 0.15) is 10.4 Å². The molecule has 0 aliphatic rings. The maximum atomic E-state index is 13.5. The third-order valence-corrected chi connectivity index (χ3v) is 2.67. The lowest BCUT2D eigenvalue weighted by molar-refractivity contribution is 0.102. The Morgan fingerprint density at radius 3 is 2.53 bits per heavy atom. The molecule has 0 heterocycles. The molecule has 2 aromatic carbocycles. The van der Waals surface area contributed by atoms with E-state index in [-0.39, 0.29) is 16.3 Å². The number of carbonyl (C=O) groups excluding carboxylic acids is 1. The molecule has 2 aromatic rings. The Labute approximate surface area is 111 Å². The lowest BCUT2D eigenvalue weighted by atomic mass is 10.2. The monoisotopic (exact) mass is 285 g/mol. The van der Waals surface area contributed by atoms with E-state index in [4.69, 9.17) is 11.6 Å². The molecule has 2 rings (SSSR count). The second kappa shape index (κ2) is 5.32. The van der Waals surface area contributed by atoms with Gasteiger partial charge in [-0.2, -0.15) is 0 Å². The smallest absolute Gasteiger partial charge is 0.258 e. The molecule has 0 bridgehead atoms. The van der Waals surface area contributed by atoms with E-state index >= 15 is 0 Å². The van der Waals surface area contributed by atoms with Crippen LogP contribution in [0.5, 0.6) is 0 Å². The Morgan fingerprint density at radius 1 is 1.11 bits per heavy atom. The lowest BCUT2D eigenvalue weighted by Gasteiger charge is -2.07. The van der Waals surface area contributed by atoms with E-state index in [1.165, 1.54) is 18.2 Å². The number of hydrogen-bond donors (Lipinski definition) is 1. The maximum Gasteiger partial charge on any atom is 0.258 e. The molecular formula is C13H7ClF3NO. The van der Waals surface area contributed by atoms with Crippen LogP contribution in [-0.4, -0.2) is 5.91 Å². The van der Waals surface area contributed by atoms with Gasteiger partial charge >= 0.3 is 0 Å². The predicted octanol–water partition coefficient (Wildman–Crippen LogP) is 4.01. The first-order valence-corrected chi connectivity index (χ1v) is 5.57. The Balaban J connectivity index is 2.28. The van der Waals surface area contributed by atoms with Crippen LogP contribution in [0.25, 0.3) is 0 Å². The van der Waals surface area contributed by atoms with Gasteiger partial charge < -0.3 is 5.32 Å². The van der Waals surface area contributed by atoms with Gasteiger partial charge in [-0.15, -0.1) is 0 Å². The highest BCUT2D eigenvalue weighted by Crippen LogP contribution is 2.22. The fraction of sp³-hybridized carbons (Fsp3) is 0. The summed E-state index contributed by atoms with van der Waals surface area (Å²) in [6.45, 7) is 0. The molecule has 0 aliphatic carbocycles. The summed E-state index contributed by atoms with van der Waals surface area (Å²) in [7, 11) is 0. The molecule has 6 heteroatoms. The molecule has 0 saturated heterocycles. The molecule has 0 spiro atoms. The summed E-state index contributed by atoms with van der Waals surface area (Å²) < 4.78 is 39.6. The van der Waals surface area contributed by atoms with Crippen molar-refractivity contribution < 1.29 is 18.0 Å². The van der Waals surface area contributed by atoms with Crippen LogP contribution >= 0.6 is 11.6 Å². The van der Waals surface area contributed by atoms with Crippen molar-refractivity contribution in [3.8, 4) is 0 Å². The second-order valence-electron chi connectivity index (χ2n) is 3.68. The van der Waals surface area contributed by atoms with Crippen LogP contribution in [0.2, 0.25) is 5.02 Å². The van der Waals surface area contributed by atoms with Crippen molar-refractivity contribution in [1.29, 1.82) is 0 Å². The summed E-state index contributed by atoms with van der Waals surface area (Å²) in [5.41, 5.74) is -0.568. The third-order valence-electron chi connectivity index (χ3n) is 2.38. The molecule has 0 radical (unpaired) electrons. The zero-order valence-corrected chi connectivity index (χ0v) is 10.1. The summed E-state index contributed by atoms with van der Waals surface area (Å²) in [5.74, 6) is -3.54. The SMILES string of the molecule is O=C(Nc1cccc(Cl)c1F)c1ccc(F)cc1F.